The molecule has 126 valence electrons. The van der Waals surface area contributed by atoms with Crippen LogP contribution in [0.4, 0.5) is 10.1 Å². The summed E-state index contributed by atoms with van der Waals surface area (Å²) in [6, 6.07) is 15.7. The van der Waals surface area contributed by atoms with Gasteiger partial charge in [-0.25, -0.2) is 4.39 Å². The van der Waals surface area contributed by atoms with E-state index in [-0.39, 0.29) is 18.5 Å². The molecule has 2 rings (SSSR count). The number of amides is 1. The molecular formula is C18H21FN4O. The fourth-order valence-corrected chi connectivity index (χ4v) is 2.16. The van der Waals surface area contributed by atoms with Crippen LogP contribution in [0, 0.1) is 5.82 Å². The summed E-state index contributed by atoms with van der Waals surface area (Å²) >= 11 is 0. The summed E-state index contributed by atoms with van der Waals surface area (Å²) < 4.78 is 13.1. The van der Waals surface area contributed by atoms with Gasteiger partial charge in [0.25, 0.3) is 0 Å². The first-order valence-electron chi connectivity index (χ1n) is 7.66. The summed E-state index contributed by atoms with van der Waals surface area (Å²) in [6.45, 7) is 2.03. The van der Waals surface area contributed by atoms with Crippen molar-refractivity contribution in [2.75, 3.05) is 18.9 Å². The molecule has 24 heavy (non-hydrogen) atoms. The molecular weight excluding hydrogens is 307 g/mol. The molecule has 0 heterocycles. The molecule has 6 heteroatoms. The number of hydrogen-bond donors (Lipinski definition) is 3. The van der Waals surface area contributed by atoms with Gasteiger partial charge in [-0.1, -0.05) is 36.4 Å². The predicted molar refractivity (Wildman–Crippen MR) is 94.4 cm³/mol. The zero-order chi connectivity index (χ0) is 17.4. The van der Waals surface area contributed by atoms with E-state index in [0.717, 1.165) is 5.56 Å². The Labute approximate surface area is 141 Å². The van der Waals surface area contributed by atoms with Crippen LogP contribution >= 0.6 is 0 Å². The zero-order valence-electron chi connectivity index (χ0n) is 13.7. The van der Waals surface area contributed by atoms with Crippen LogP contribution in [-0.2, 0) is 4.79 Å². The lowest BCUT2D eigenvalue weighted by atomic mass is 10.1. The number of aliphatic imine (C=N–C) groups is 1. The maximum atomic E-state index is 13.1. The molecule has 0 aromatic heterocycles. The fourth-order valence-electron chi connectivity index (χ4n) is 2.16. The predicted octanol–water partition coefficient (Wildman–Crippen LogP) is 2.69. The second-order valence-corrected chi connectivity index (χ2v) is 5.26. The van der Waals surface area contributed by atoms with Crippen molar-refractivity contribution < 1.29 is 9.18 Å². The molecule has 0 fully saturated rings. The van der Waals surface area contributed by atoms with Crippen molar-refractivity contribution in [1.29, 1.82) is 0 Å². The summed E-state index contributed by atoms with van der Waals surface area (Å²) in [5.74, 6) is -0.161. The largest absolute Gasteiger partial charge is 0.350 e. The molecule has 0 saturated heterocycles. The minimum absolute atomic E-state index is 0.0255. The number of rotatable bonds is 5. The van der Waals surface area contributed by atoms with Crippen molar-refractivity contribution in [3.63, 3.8) is 0 Å². The number of nitrogens with zero attached hydrogens (tertiary/aromatic N) is 1. The summed E-state index contributed by atoms with van der Waals surface area (Å²) in [6.07, 6.45) is 0. The summed E-state index contributed by atoms with van der Waals surface area (Å²) in [4.78, 5) is 16.0. The quantitative estimate of drug-likeness (QED) is 0.584. The molecule has 3 N–H and O–H groups in total. The summed E-state index contributed by atoms with van der Waals surface area (Å²) in [5, 5.41) is 8.77. The maximum absolute atomic E-state index is 13.1. The van der Waals surface area contributed by atoms with Gasteiger partial charge in [-0.05, 0) is 30.7 Å². The standard InChI is InChI=1S/C18H21FN4O/c1-13(14-7-4-3-5-8-14)22-18(20-2)21-12-17(24)23-16-10-6-9-15(19)11-16/h3-11,13H,12H2,1-2H3,(H,23,24)(H2,20,21,22). The van der Waals surface area contributed by atoms with Crippen molar-refractivity contribution >= 4 is 17.6 Å². The highest BCUT2D eigenvalue weighted by atomic mass is 19.1. The highest BCUT2D eigenvalue weighted by Gasteiger charge is 2.09. The van der Waals surface area contributed by atoms with E-state index in [0.29, 0.717) is 11.6 Å². The molecule has 0 aliphatic rings. The van der Waals surface area contributed by atoms with Gasteiger partial charge in [-0.2, -0.15) is 0 Å². The van der Waals surface area contributed by atoms with E-state index in [4.69, 9.17) is 0 Å². The lowest BCUT2D eigenvalue weighted by Crippen LogP contribution is -2.42. The van der Waals surface area contributed by atoms with Gasteiger partial charge in [0.15, 0.2) is 5.96 Å². The number of anilines is 1. The molecule has 0 spiro atoms. The van der Waals surface area contributed by atoms with E-state index in [9.17, 15) is 9.18 Å². The van der Waals surface area contributed by atoms with E-state index in [1.165, 1.54) is 12.1 Å². The van der Waals surface area contributed by atoms with Gasteiger partial charge in [0.1, 0.15) is 5.82 Å². The third-order valence-electron chi connectivity index (χ3n) is 3.40. The molecule has 0 aliphatic heterocycles. The second kappa shape index (κ2) is 8.67. The van der Waals surface area contributed by atoms with Crippen LogP contribution in [-0.4, -0.2) is 25.5 Å². The van der Waals surface area contributed by atoms with Gasteiger partial charge < -0.3 is 16.0 Å². The van der Waals surface area contributed by atoms with Gasteiger partial charge >= 0.3 is 0 Å². The van der Waals surface area contributed by atoms with Crippen LogP contribution in [0.2, 0.25) is 0 Å². The van der Waals surface area contributed by atoms with Crippen LogP contribution in [0.5, 0.6) is 0 Å². The number of benzene rings is 2. The highest BCUT2D eigenvalue weighted by Crippen LogP contribution is 2.11. The molecule has 0 saturated carbocycles. The Kier molecular flexibility index (Phi) is 6.31. The third kappa shape index (κ3) is 5.39. The van der Waals surface area contributed by atoms with Gasteiger partial charge in [0, 0.05) is 12.7 Å². The SMILES string of the molecule is CN=C(NCC(=O)Nc1cccc(F)c1)NC(C)c1ccccc1. The Morgan fingerprint density at radius 2 is 1.92 bits per heavy atom. The monoisotopic (exact) mass is 328 g/mol. The molecule has 2 aromatic carbocycles. The minimum Gasteiger partial charge on any atom is -0.350 e. The topological polar surface area (TPSA) is 65.5 Å². The van der Waals surface area contributed by atoms with E-state index < -0.39 is 5.82 Å². The minimum atomic E-state index is -0.394. The first-order valence-corrected chi connectivity index (χ1v) is 7.66. The Morgan fingerprint density at radius 1 is 1.17 bits per heavy atom. The van der Waals surface area contributed by atoms with Crippen molar-refractivity contribution in [3.05, 3.63) is 66.0 Å². The average Bonchev–Trinajstić information content (AvgIpc) is 2.59. The van der Waals surface area contributed by atoms with E-state index in [1.54, 1.807) is 19.2 Å². The van der Waals surface area contributed by atoms with Crippen LogP contribution in [0.25, 0.3) is 0 Å². The van der Waals surface area contributed by atoms with Gasteiger partial charge in [0.05, 0.1) is 12.6 Å². The third-order valence-corrected chi connectivity index (χ3v) is 3.40. The summed E-state index contributed by atoms with van der Waals surface area (Å²) in [7, 11) is 1.64. The molecule has 1 amide bonds. The Hall–Kier alpha value is -2.89. The molecule has 0 bridgehead atoms. The van der Waals surface area contributed by atoms with E-state index in [2.05, 4.69) is 20.9 Å². The first-order chi connectivity index (χ1) is 11.6. The molecule has 2 aromatic rings. The molecule has 1 atom stereocenters. The van der Waals surface area contributed by atoms with Crippen molar-refractivity contribution in [2.24, 2.45) is 4.99 Å². The van der Waals surface area contributed by atoms with Crippen molar-refractivity contribution in [1.82, 2.24) is 10.6 Å². The molecule has 0 aliphatic carbocycles. The van der Waals surface area contributed by atoms with E-state index >= 15 is 0 Å². The van der Waals surface area contributed by atoms with Gasteiger partial charge in [-0.15, -0.1) is 0 Å². The Bertz CT molecular complexity index is 703. The van der Waals surface area contributed by atoms with Crippen LogP contribution in [0.3, 0.4) is 0 Å². The number of guanidine groups is 1. The van der Waals surface area contributed by atoms with Crippen molar-refractivity contribution in [2.45, 2.75) is 13.0 Å². The Morgan fingerprint density at radius 3 is 2.58 bits per heavy atom. The number of halogens is 1. The number of carbonyl (C=O) groups is 1. The molecule has 1 unspecified atom stereocenters. The van der Waals surface area contributed by atoms with Gasteiger partial charge in [0.2, 0.25) is 5.91 Å². The van der Waals surface area contributed by atoms with Crippen LogP contribution < -0.4 is 16.0 Å². The average molecular weight is 328 g/mol. The smallest absolute Gasteiger partial charge is 0.243 e. The Balaban J connectivity index is 1.84. The fraction of sp³-hybridized carbons (Fsp3) is 0.222. The highest BCUT2D eigenvalue weighted by molar-refractivity contribution is 5.95. The first kappa shape index (κ1) is 17.5. The lowest BCUT2D eigenvalue weighted by molar-refractivity contribution is -0.115. The number of nitrogens with one attached hydrogen (secondary N) is 3. The summed E-state index contributed by atoms with van der Waals surface area (Å²) in [5.41, 5.74) is 1.53. The van der Waals surface area contributed by atoms with Gasteiger partial charge in [-0.3, -0.25) is 9.79 Å². The molecule has 0 radical (unpaired) electrons. The van der Waals surface area contributed by atoms with Crippen LogP contribution in [0.1, 0.15) is 18.5 Å². The lowest BCUT2D eigenvalue weighted by Gasteiger charge is -2.18. The van der Waals surface area contributed by atoms with Crippen molar-refractivity contribution in [3.8, 4) is 0 Å². The van der Waals surface area contributed by atoms with Crippen LogP contribution in [0.15, 0.2) is 59.6 Å². The number of hydrogen-bond acceptors (Lipinski definition) is 2. The van der Waals surface area contributed by atoms with E-state index in [1.807, 2.05) is 37.3 Å². The zero-order valence-corrected chi connectivity index (χ0v) is 13.7. The normalized spacial score (nSPS) is 12.4. The maximum Gasteiger partial charge on any atom is 0.243 e. The number of carbonyl (C=O) groups excluding carboxylic acids is 1. The molecule has 5 nitrogen and oxygen atoms in total. The second-order valence-electron chi connectivity index (χ2n) is 5.26.